The summed E-state index contributed by atoms with van der Waals surface area (Å²) in [5, 5.41) is 8.19. The molecule has 0 unspecified atom stereocenters. The van der Waals surface area contributed by atoms with Gasteiger partial charge in [0.05, 0.1) is 15.1 Å². The van der Waals surface area contributed by atoms with Crippen LogP contribution in [0.25, 0.3) is 22.7 Å². The van der Waals surface area contributed by atoms with Crippen molar-refractivity contribution in [2.24, 2.45) is 14.1 Å². The van der Waals surface area contributed by atoms with Crippen molar-refractivity contribution in [3.8, 4) is 22.7 Å². The number of benzene rings is 1. The van der Waals surface area contributed by atoms with Gasteiger partial charge in [-0.1, -0.05) is 34.4 Å². The minimum Gasteiger partial charge on any atom is -0.354 e. The van der Waals surface area contributed by atoms with Gasteiger partial charge < -0.3 is 9.09 Å². The van der Waals surface area contributed by atoms with Crippen molar-refractivity contribution < 1.29 is 4.52 Å². The van der Waals surface area contributed by atoms with Crippen LogP contribution in [0.5, 0.6) is 0 Å². The first kappa shape index (κ1) is 24.0. The van der Waals surface area contributed by atoms with E-state index < -0.39 is 0 Å². The average molecular weight is 532 g/mol. The van der Waals surface area contributed by atoms with E-state index in [2.05, 4.69) is 10.1 Å². The van der Waals surface area contributed by atoms with Crippen molar-refractivity contribution in [2.45, 2.75) is 25.3 Å². The standard InChI is InChI=1S/C24H23Cl2N5O3S/c1-29-11-16(23(32)30(2)24(29)33)12-31-7-5-14(6-8-31)22-27-20(13-35-22)21-10-19(28-34-21)15-3-4-17(25)18(26)9-15/h3-4,9-11,13-14H,5-8,12H2,1-2H3. The molecule has 0 amide bonds. The fourth-order valence-electron chi connectivity index (χ4n) is 4.35. The number of likely N-dealkylation sites (tertiary alicyclic amines) is 1. The Morgan fingerprint density at radius 1 is 1.09 bits per heavy atom. The molecule has 1 aliphatic rings. The Bertz CT molecular complexity index is 1500. The van der Waals surface area contributed by atoms with Gasteiger partial charge in [-0.3, -0.25) is 14.3 Å². The van der Waals surface area contributed by atoms with Crippen molar-refractivity contribution in [3.63, 3.8) is 0 Å². The summed E-state index contributed by atoms with van der Waals surface area (Å²) in [7, 11) is 3.18. The molecule has 0 spiro atoms. The fourth-order valence-corrected chi connectivity index (χ4v) is 5.62. The molecular formula is C24H23Cl2N5O3S. The topological polar surface area (TPSA) is 86.2 Å². The normalized spacial score (nSPS) is 15.1. The first-order chi connectivity index (χ1) is 16.8. The lowest BCUT2D eigenvalue weighted by molar-refractivity contribution is 0.203. The van der Waals surface area contributed by atoms with Crippen molar-refractivity contribution in [1.82, 2.24) is 24.2 Å². The molecule has 0 saturated carbocycles. The molecule has 0 radical (unpaired) electrons. The first-order valence-electron chi connectivity index (χ1n) is 11.2. The first-order valence-corrected chi connectivity index (χ1v) is 12.8. The van der Waals surface area contributed by atoms with E-state index in [9.17, 15) is 9.59 Å². The summed E-state index contributed by atoms with van der Waals surface area (Å²) >= 11 is 13.8. The van der Waals surface area contributed by atoms with Crippen molar-refractivity contribution >= 4 is 34.5 Å². The molecule has 1 aromatic carbocycles. The highest BCUT2D eigenvalue weighted by Gasteiger charge is 2.25. The van der Waals surface area contributed by atoms with E-state index in [-0.39, 0.29) is 11.2 Å². The van der Waals surface area contributed by atoms with E-state index in [0.29, 0.717) is 39.5 Å². The van der Waals surface area contributed by atoms with Crippen LogP contribution in [0.2, 0.25) is 10.0 Å². The van der Waals surface area contributed by atoms with Gasteiger partial charge in [-0.25, -0.2) is 9.78 Å². The number of aromatic nitrogens is 4. The second-order valence-corrected chi connectivity index (χ2v) is 10.4. The zero-order valence-electron chi connectivity index (χ0n) is 19.2. The Morgan fingerprint density at radius 2 is 1.86 bits per heavy atom. The van der Waals surface area contributed by atoms with E-state index in [1.807, 2.05) is 17.5 Å². The third kappa shape index (κ3) is 4.86. The van der Waals surface area contributed by atoms with Gasteiger partial charge in [-0.15, -0.1) is 11.3 Å². The lowest BCUT2D eigenvalue weighted by Crippen LogP contribution is -2.41. The molecule has 4 aromatic rings. The molecular weight excluding hydrogens is 509 g/mol. The fraction of sp³-hybridized carbons (Fsp3) is 0.333. The molecule has 5 rings (SSSR count). The Morgan fingerprint density at radius 3 is 2.60 bits per heavy atom. The van der Waals surface area contributed by atoms with Crippen LogP contribution < -0.4 is 11.2 Å². The SMILES string of the molecule is Cn1cc(CN2CCC(c3nc(-c4cc(-c5ccc(Cl)c(Cl)c5)no4)cs3)CC2)c(=O)n(C)c1=O. The highest BCUT2D eigenvalue weighted by molar-refractivity contribution is 7.10. The zero-order valence-corrected chi connectivity index (χ0v) is 21.5. The highest BCUT2D eigenvalue weighted by Crippen LogP contribution is 2.35. The van der Waals surface area contributed by atoms with Gasteiger partial charge in [0.2, 0.25) is 0 Å². The van der Waals surface area contributed by atoms with Crippen LogP contribution in [-0.2, 0) is 20.6 Å². The van der Waals surface area contributed by atoms with E-state index in [1.54, 1.807) is 36.7 Å². The second kappa shape index (κ2) is 9.73. The number of hydrogen-bond acceptors (Lipinski definition) is 7. The van der Waals surface area contributed by atoms with Gasteiger partial charge in [-0.05, 0) is 38.1 Å². The second-order valence-electron chi connectivity index (χ2n) is 8.74. The number of halogens is 2. The predicted molar refractivity (Wildman–Crippen MR) is 137 cm³/mol. The predicted octanol–water partition coefficient (Wildman–Crippen LogP) is 4.55. The van der Waals surface area contributed by atoms with Crippen LogP contribution in [0, 0.1) is 0 Å². The lowest BCUT2D eigenvalue weighted by Gasteiger charge is -2.30. The third-order valence-corrected chi connectivity index (χ3v) is 8.09. The number of aryl methyl sites for hydroxylation is 1. The summed E-state index contributed by atoms with van der Waals surface area (Å²) < 4.78 is 8.17. The summed E-state index contributed by atoms with van der Waals surface area (Å²) in [6, 6.07) is 7.20. The molecule has 0 aliphatic carbocycles. The van der Waals surface area contributed by atoms with Gasteiger partial charge in [-0.2, -0.15) is 0 Å². The maximum atomic E-state index is 12.5. The third-order valence-electron chi connectivity index (χ3n) is 6.35. The monoisotopic (exact) mass is 531 g/mol. The van der Waals surface area contributed by atoms with Crippen molar-refractivity contribution in [3.05, 3.63) is 77.3 Å². The van der Waals surface area contributed by atoms with Crippen molar-refractivity contribution in [2.75, 3.05) is 13.1 Å². The Balaban J connectivity index is 1.24. The maximum Gasteiger partial charge on any atom is 0.330 e. The van der Waals surface area contributed by atoms with Crippen LogP contribution >= 0.6 is 34.5 Å². The highest BCUT2D eigenvalue weighted by atomic mass is 35.5. The van der Waals surface area contributed by atoms with Gasteiger partial charge >= 0.3 is 5.69 Å². The van der Waals surface area contributed by atoms with E-state index in [0.717, 1.165) is 46.8 Å². The molecule has 1 saturated heterocycles. The molecule has 182 valence electrons. The van der Waals surface area contributed by atoms with E-state index in [4.69, 9.17) is 32.7 Å². The molecule has 8 nitrogen and oxygen atoms in total. The van der Waals surface area contributed by atoms with Gasteiger partial charge in [0.1, 0.15) is 11.4 Å². The molecule has 0 bridgehead atoms. The average Bonchev–Trinajstić information content (AvgIpc) is 3.54. The number of hydrogen-bond donors (Lipinski definition) is 0. The molecule has 0 N–H and O–H groups in total. The minimum absolute atomic E-state index is 0.230. The molecule has 0 atom stereocenters. The van der Waals surface area contributed by atoms with Crippen LogP contribution in [0.15, 0.2) is 50.0 Å². The number of rotatable bonds is 5. The summed E-state index contributed by atoms with van der Waals surface area (Å²) in [5.41, 5.74) is 2.35. The van der Waals surface area contributed by atoms with E-state index >= 15 is 0 Å². The van der Waals surface area contributed by atoms with Gasteiger partial charge in [0.15, 0.2) is 5.76 Å². The summed E-state index contributed by atoms with van der Waals surface area (Å²) in [5.74, 6) is 0.960. The molecule has 3 aromatic heterocycles. The summed E-state index contributed by atoms with van der Waals surface area (Å²) in [4.78, 5) is 31.5. The summed E-state index contributed by atoms with van der Waals surface area (Å²) in [6.07, 6.45) is 3.54. The number of thiazole rings is 1. The number of piperidine rings is 1. The Labute approximate surface area is 215 Å². The lowest BCUT2D eigenvalue weighted by atomic mass is 9.97. The van der Waals surface area contributed by atoms with Crippen LogP contribution in [0.3, 0.4) is 0 Å². The van der Waals surface area contributed by atoms with Gasteiger partial charge in [0, 0.05) is 55.3 Å². The summed E-state index contributed by atoms with van der Waals surface area (Å²) in [6.45, 7) is 2.25. The van der Waals surface area contributed by atoms with Crippen LogP contribution in [-0.4, -0.2) is 37.3 Å². The van der Waals surface area contributed by atoms with E-state index in [1.165, 1.54) is 11.6 Å². The quantitative estimate of drug-likeness (QED) is 0.375. The largest absolute Gasteiger partial charge is 0.354 e. The smallest absolute Gasteiger partial charge is 0.330 e. The van der Waals surface area contributed by atoms with Crippen LogP contribution in [0.1, 0.15) is 29.3 Å². The molecule has 11 heteroatoms. The van der Waals surface area contributed by atoms with Crippen LogP contribution in [0.4, 0.5) is 0 Å². The Kier molecular flexibility index (Phi) is 6.67. The van der Waals surface area contributed by atoms with Crippen molar-refractivity contribution in [1.29, 1.82) is 0 Å². The zero-order chi connectivity index (χ0) is 24.7. The Hall–Kier alpha value is -2.72. The molecule has 35 heavy (non-hydrogen) atoms. The minimum atomic E-state index is -0.312. The number of nitrogens with zero attached hydrogens (tertiary/aromatic N) is 5. The van der Waals surface area contributed by atoms with Gasteiger partial charge in [0.25, 0.3) is 5.56 Å². The molecule has 4 heterocycles. The molecule has 1 aliphatic heterocycles. The molecule has 1 fully saturated rings. The maximum absolute atomic E-state index is 12.5.